The number of carbonyl (C=O) groups is 2. The molecule has 2 atom stereocenters. The van der Waals surface area contributed by atoms with Crippen LogP contribution in [0.2, 0.25) is 0 Å². The molecule has 0 aromatic rings. The van der Waals surface area contributed by atoms with Gasteiger partial charge in [0.1, 0.15) is 0 Å². The lowest BCUT2D eigenvalue weighted by molar-refractivity contribution is -0.137. The number of hydrogen-bond acceptors (Lipinski definition) is 3. The average Bonchev–Trinajstić information content (AvgIpc) is 2.84. The monoisotopic (exact) mass is 267 g/mol. The molecule has 0 bridgehead atoms. The highest BCUT2D eigenvalue weighted by Gasteiger charge is 2.35. The maximum Gasteiger partial charge on any atom is 0.239 e. The number of likely N-dealkylation sites (tertiary alicyclic amines) is 1. The molecular weight excluding hydrogens is 242 g/mol. The summed E-state index contributed by atoms with van der Waals surface area (Å²) in [5.74, 6) is 0.868. The summed E-state index contributed by atoms with van der Waals surface area (Å²) in [6.07, 6.45) is 2.66. The third-order valence-corrected chi connectivity index (χ3v) is 4.33. The fourth-order valence-corrected chi connectivity index (χ4v) is 3.04. The van der Waals surface area contributed by atoms with Crippen LogP contribution in [0.5, 0.6) is 0 Å². The summed E-state index contributed by atoms with van der Waals surface area (Å²) in [5, 5.41) is 6.15. The minimum atomic E-state index is -0.0129. The Hall–Kier alpha value is -1.10. The Morgan fingerprint density at radius 1 is 1.26 bits per heavy atom. The van der Waals surface area contributed by atoms with Crippen molar-refractivity contribution >= 4 is 11.8 Å². The van der Waals surface area contributed by atoms with Crippen LogP contribution in [-0.4, -0.2) is 48.9 Å². The van der Waals surface area contributed by atoms with Gasteiger partial charge in [-0.2, -0.15) is 0 Å². The van der Waals surface area contributed by atoms with E-state index < -0.39 is 0 Å². The number of carbonyl (C=O) groups excluding carboxylic acids is 2. The molecule has 0 aromatic heterocycles. The van der Waals surface area contributed by atoms with Crippen molar-refractivity contribution < 1.29 is 9.59 Å². The first kappa shape index (κ1) is 14.3. The predicted octanol–water partition coefficient (Wildman–Crippen LogP) is 0.359. The van der Waals surface area contributed by atoms with Gasteiger partial charge >= 0.3 is 0 Å². The molecule has 2 rings (SSSR count). The van der Waals surface area contributed by atoms with Gasteiger partial charge in [0, 0.05) is 25.6 Å². The maximum atomic E-state index is 12.4. The lowest BCUT2D eigenvalue weighted by Crippen LogP contribution is -2.50. The van der Waals surface area contributed by atoms with E-state index in [9.17, 15) is 9.59 Å². The van der Waals surface area contributed by atoms with Crippen molar-refractivity contribution in [1.29, 1.82) is 0 Å². The van der Waals surface area contributed by atoms with Crippen LogP contribution in [0.3, 0.4) is 0 Å². The van der Waals surface area contributed by atoms with Crippen molar-refractivity contribution in [1.82, 2.24) is 15.5 Å². The number of rotatable bonds is 3. The third-order valence-electron chi connectivity index (χ3n) is 4.33. The van der Waals surface area contributed by atoms with Crippen LogP contribution < -0.4 is 10.6 Å². The van der Waals surface area contributed by atoms with Gasteiger partial charge < -0.3 is 15.5 Å². The first-order valence-corrected chi connectivity index (χ1v) is 7.43. The van der Waals surface area contributed by atoms with Gasteiger partial charge in [-0.05, 0) is 38.6 Å². The Kier molecular flexibility index (Phi) is 4.80. The van der Waals surface area contributed by atoms with E-state index >= 15 is 0 Å². The zero-order chi connectivity index (χ0) is 13.8. The van der Waals surface area contributed by atoms with Crippen LogP contribution in [0.15, 0.2) is 0 Å². The fourth-order valence-electron chi connectivity index (χ4n) is 3.04. The molecule has 2 amide bonds. The lowest BCUT2D eigenvalue weighted by atomic mass is 9.94. The van der Waals surface area contributed by atoms with Crippen molar-refractivity contribution in [2.75, 3.05) is 26.2 Å². The predicted molar refractivity (Wildman–Crippen MR) is 73.6 cm³/mol. The Balaban J connectivity index is 1.82. The maximum absolute atomic E-state index is 12.4. The zero-order valence-corrected chi connectivity index (χ0v) is 11.9. The zero-order valence-electron chi connectivity index (χ0n) is 11.9. The topological polar surface area (TPSA) is 61.4 Å². The Morgan fingerprint density at radius 3 is 2.47 bits per heavy atom. The van der Waals surface area contributed by atoms with Gasteiger partial charge in [-0.1, -0.05) is 6.92 Å². The van der Waals surface area contributed by atoms with Crippen LogP contribution >= 0.6 is 0 Å². The largest absolute Gasteiger partial charge is 0.356 e. The first-order valence-electron chi connectivity index (χ1n) is 7.43. The van der Waals surface area contributed by atoms with Gasteiger partial charge in [-0.25, -0.2) is 0 Å². The van der Waals surface area contributed by atoms with E-state index in [1.165, 1.54) is 0 Å². The minimum absolute atomic E-state index is 0.0129. The highest BCUT2D eigenvalue weighted by molar-refractivity contribution is 5.83. The van der Waals surface area contributed by atoms with Crippen LogP contribution in [-0.2, 0) is 9.59 Å². The molecule has 108 valence electrons. The van der Waals surface area contributed by atoms with E-state index in [1.54, 1.807) is 0 Å². The van der Waals surface area contributed by atoms with Crippen LogP contribution in [0, 0.1) is 11.8 Å². The molecule has 0 radical (unpaired) electrons. The number of amides is 2. The molecule has 0 spiro atoms. The summed E-state index contributed by atoms with van der Waals surface area (Å²) < 4.78 is 0. The van der Waals surface area contributed by atoms with Crippen LogP contribution in [0.1, 0.15) is 33.1 Å². The summed E-state index contributed by atoms with van der Waals surface area (Å²) in [6.45, 7) is 7.11. The quantitative estimate of drug-likeness (QED) is 0.776. The van der Waals surface area contributed by atoms with Gasteiger partial charge in [-0.15, -0.1) is 0 Å². The Labute approximate surface area is 115 Å². The van der Waals surface area contributed by atoms with E-state index in [0.29, 0.717) is 25.6 Å². The number of piperidine rings is 1. The van der Waals surface area contributed by atoms with Gasteiger partial charge in [0.05, 0.1) is 6.04 Å². The molecule has 0 aromatic carbocycles. The second kappa shape index (κ2) is 6.37. The molecule has 0 aliphatic carbocycles. The highest BCUT2D eigenvalue weighted by atomic mass is 16.2. The van der Waals surface area contributed by atoms with E-state index in [4.69, 9.17) is 0 Å². The minimum Gasteiger partial charge on any atom is -0.356 e. The smallest absolute Gasteiger partial charge is 0.239 e. The van der Waals surface area contributed by atoms with Crippen molar-refractivity contribution in [3.05, 3.63) is 0 Å². The van der Waals surface area contributed by atoms with Crippen molar-refractivity contribution in [2.24, 2.45) is 11.8 Å². The van der Waals surface area contributed by atoms with E-state index in [1.807, 2.05) is 11.8 Å². The first-order chi connectivity index (χ1) is 9.13. The van der Waals surface area contributed by atoms with Gasteiger partial charge in [0.2, 0.25) is 11.8 Å². The molecule has 0 saturated carbocycles. The highest BCUT2D eigenvalue weighted by Crippen LogP contribution is 2.21. The van der Waals surface area contributed by atoms with Crippen molar-refractivity contribution in [2.45, 2.75) is 39.2 Å². The Morgan fingerprint density at radius 2 is 1.95 bits per heavy atom. The molecule has 2 fully saturated rings. The lowest BCUT2D eigenvalue weighted by Gasteiger charge is -2.33. The van der Waals surface area contributed by atoms with Crippen LogP contribution in [0.25, 0.3) is 0 Å². The summed E-state index contributed by atoms with van der Waals surface area (Å²) in [6, 6.07) is -0.0129. The molecule has 5 nitrogen and oxygen atoms in total. The van der Waals surface area contributed by atoms with E-state index in [0.717, 1.165) is 25.8 Å². The van der Waals surface area contributed by atoms with Crippen molar-refractivity contribution in [3.8, 4) is 0 Å². The molecule has 19 heavy (non-hydrogen) atoms. The van der Waals surface area contributed by atoms with Crippen molar-refractivity contribution in [3.63, 3.8) is 0 Å². The second-order valence-corrected chi connectivity index (χ2v) is 5.69. The van der Waals surface area contributed by atoms with Gasteiger partial charge in [0.15, 0.2) is 0 Å². The molecule has 2 aliphatic heterocycles. The number of hydrogen-bond donors (Lipinski definition) is 2. The molecule has 2 N–H and O–H groups in total. The normalized spacial score (nSPS) is 28.4. The fraction of sp³-hybridized carbons (Fsp3) is 0.857. The van der Waals surface area contributed by atoms with Crippen LogP contribution in [0.4, 0.5) is 0 Å². The number of nitrogens with one attached hydrogen (secondary N) is 2. The molecule has 2 aliphatic rings. The molecule has 2 heterocycles. The number of nitrogens with zero attached hydrogens (tertiary/aromatic N) is 1. The molecule has 2 saturated heterocycles. The van der Waals surface area contributed by atoms with Gasteiger partial charge in [0.25, 0.3) is 0 Å². The third kappa shape index (κ3) is 3.26. The molecule has 2 unspecified atom stereocenters. The molecular formula is C14H25N3O2. The van der Waals surface area contributed by atoms with E-state index in [-0.39, 0.29) is 23.8 Å². The standard InChI is InChI=1S/C14H25N3O2/c1-3-15-13(18)11-5-8-17(9-6-11)14(19)12-10(2)4-7-16-12/h10-12,16H,3-9H2,1-2H3,(H,15,18). The Bertz CT molecular complexity index is 338. The van der Waals surface area contributed by atoms with Gasteiger partial charge in [-0.3, -0.25) is 9.59 Å². The summed E-state index contributed by atoms with van der Waals surface area (Å²) in [4.78, 5) is 26.1. The van der Waals surface area contributed by atoms with E-state index in [2.05, 4.69) is 17.6 Å². The second-order valence-electron chi connectivity index (χ2n) is 5.69. The summed E-state index contributed by atoms with van der Waals surface area (Å²) in [7, 11) is 0. The average molecular weight is 267 g/mol. The summed E-state index contributed by atoms with van der Waals surface area (Å²) in [5.41, 5.74) is 0. The SMILES string of the molecule is CCNC(=O)C1CCN(C(=O)C2NCCC2C)CC1. The summed E-state index contributed by atoms with van der Waals surface area (Å²) >= 11 is 0. The molecule has 5 heteroatoms.